The number of nitrogens with zero attached hydrogens (tertiary/aromatic N) is 1. The first kappa shape index (κ1) is 16.8. The molecule has 1 N–H and O–H groups in total. The molecule has 0 aromatic carbocycles. The molecule has 5 nitrogen and oxygen atoms in total. The van der Waals surface area contributed by atoms with E-state index in [1.165, 1.54) is 0 Å². The Morgan fingerprint density at radius 2 is 2.10 bits per heavy atom. The van der Waals surface area contributed by atoms with E-state index in [1.54, 1.807) is 16.8 Å². The number of ether oxygens (including phenoxy) is 1. The molecule has 20 heavy (non-hydrogen) atoms. The number of amides is 1. The molecule has 112 valence electrons. The number of halogens is 1. The van der Waals surface area contributed by atoms with E-state index in [-0.39, 0.29) is 5.56 Å². The van der Waals surface area contributed by atoms with Crippen LogP contribution >= 0.6 is 15.9 Å². The van der Waals surface area contributed by atoms with Crippen LogP contribution in [0, 0.1) is 6.92 Å². The summed E-state index contributed by atoms with van der Waals surface area (Å²) in [6.45, 7) is 8.39. The number of aryl methyl sites for hydroxylation is 2. The van der Waals surface area contributed by atoms with Gasteiger partial charge in [-0.25, -0.2) is 4.79 Å². The second-order valence-corrected chi connectivity index (χ2v) is 6.50. The Hall–Kier alpha value is -1.30. The van der Waals surface area contributed by atoms with Crippen molar-refractivity contribution in [2.75, 3.05) is 6.54 Å². The quantitative estimate of drug-likeness (QED) is 0.854. The van der Waals surface area contributed by atoms with Crippen LogP contribution in [0.1, 0.15) is 32.8 Å². The second-order valence-electron chi connectivity index (χ2n) is 5.65. The van der Waals surface area contributed by atoms with Gasteiger partial charge in [-0.05, 0) is 61.7 Å². The SMILES string of the molecule is Cc1cc(Br)c(=O)n(CCCNC(=O)OC(C)(C)C)c1. The van der Waals surface area contributed by atoms with Crippen LogP contribution in [0.4, 0.5) is 4.79 Å². The second kappa shape index (κ2) is 6.92. The average Bonchev–Trinajstić information content (AvgIpc) is 2.28. The van der Waals surface area contributed by atoms with Crippen LogP contribution in [0.2, 0.25) is 0 Å². The molecule has 0 aliphatic rings. The van der Waals surface area contributed by atoms with Gasteiger partial charge in [0, 0.05) is 19.3 Å². The van der Waals surface area contributed by atoms with Crippen molar-refractivity contribution in [2.24, 2.45) is 0 Å². The van der Waals surface area contributed by atoms with Crippen LogP contribution < -0.4 is 10.9 Å². The van der Waals surface area contributed by atoms with Gasteiger partial charge in [-0.3, -0.25) is 4.79 Å². The summed E-state index contributed by atoms with van der Waals surface area (Å²) in [6, 6.07) is 1.79. The van der Waals surface area contributed by atoms with E-state index in [9.17, 15) is 9.59 Å². The van der Waals surface area contributed by atoms with E-state index in [0.717, 1.165) is 5.56 Å². The molecule has 0 aliphatic carbocycles. The van der Waals surface area contributed by atoms with Crippen molar-refractivity contribution in [1.82, 2.24) is 9.88 Å². The van der Waals surface area contributed by atoms with Crippen LogP contribution in [-0.2, 0) is 11.3 Å². The summed E-state index contributed by atoms with van der Waals surface area (Å²) in [6.07, 6.45) is 2.03. The summed E-state index contributed by atoms with van der Waals surface area (Å²) >= 11 is 3.24. The third-order valence-electron chi connectivity index (χ3n) is 2.42. The van der Waals surface area contributed by atoms with E-state index in [0.29, 0.717) is 24.0 Å². The predicted molar refractivity (Wildman–Crippen MR) is 82.0 cm³/mol. The highest BCUT2D eigenvalue weighted by Crippen LogP contribution is 2.07. The lowest BCUT2D eigenvalue weighted by atomic mass is 10.2. The third kappa shape index (κ3) is 5.77. The summed E-state index contributed by atoms with van der Waals surface area (Å²) in [5, 5.41) is 2.67. The zero-order valence-corrected chi connectivity index (χ0v) is 13.9. The number of hydrogen-bond donors (Lipinski definition) is 1. The average molecular weight is 345 g/mol. The fourth-order valence-corrected chi connectivity index (χ4v) is 2.25. The van der Waals surface area contributed by atoms with Crippen molar-refractivity contribution >= 4 is 22.0 Å². The fraction of sp³-hybridized carbons (Fsp3) is 0.571. The summed E-state index contributed by atoms with van der Waals surface area (Å²) in [4.78, 5) is 23.3. The number of aromatic nitrogens is 1. The normalized spacial score (nSPS) is 11.2. The first-order chi connectivity index (χ1) is 9.19. The number of nitrogens with one attached hydrogen (secondary N) is 1. The number of pyridine rings is 1. The van der Waals surface area contributed by atoms with Gasteiger partial charge in [0.15, 0.2) is 0 Å². The highest BCUT2D eigenvalue weighted by molar-refractivity contribution is 9.10. The Morgan fingerprint density at radius 3 is 2.70 bits per heavy atom. The predicted octanol–water partition coefficient (Wildman–Crippen LogP) is 2.83. The largest absolute Gasteiger partial charge is 0.444 e. The van der Waals surface area contributed by atoms with Crippen LogP contribution in [0.25, 0.3) is 0 Å². The molecular formula is C14H21BrN2O3. The Kier molecular flexibility index (Phi) is 5.80. The van der Waals surface area contributed by atoms with Crippen LogP contribution in [0.5, 0.6) is 0 Å². The van der Waals surface area contributed by atoms with Gasteiger partial charge in [0.2, 0.25) is 0 Å². The standard InChI is InChI=1S/C14H21BrN2O3/c1-10-8-11(15)12(18)17(9-10)7-5-6-16-13(19)20-14(2,3)4/h8-9H,5-7H2,1-4H3,(H,16,19). The lowest BCUT2D eigenvalue weighted by Crippen LogP contribution is -2.33. The molecule has 0 radical (unpaired) electrons. The first-order valence-corrected chi connectivity index (χ1v) is 7.32. The Balaban J connectivity index is 2.43. The molecule has 1 aromatic heterocycles. The van der Waals surface area contributed by atoms with Crippen molar-refractivity contribution in [3.05, 3.63) is 32.7 Å². The van der Waals surface area contributed by atoms with E-state index in [2.05, 4.69) is 21.2 Å². The Morgan fingerprint density at radius 1 is 1.45 bits per heavy atom. The summed E-state index contributed by atoms with van der Waals surface area (Å²) in [5.74, 6) is 0. The van der Waals surface area contributed by atoms with Crippen molar-refractivity contribution in [2.45, 2.75) is 46.3 Å². The molecule has 0 aliphatic heterocycles. The van der Waals surface area contributed by atoms with Gasteiger partial charge in [-0.2, -0.15) is 0 Å². The van der Waals surface area contributed by atoms with E-state index < -0.39 is 11.7 Å². The summed E-state index contributed by atoms with van der Waals surface area (Å²) in [5.41, 5.74) is 0.451. The molecular weight excluding hydrogens is 324 g/mol. The molecule has 1 amide bonds. The highest BCUT2D eigenvalue weighted by Gasteiger charge is 2.15. The number of alkyl carbamates (subject to hydrolysis) is 1. The lowest BCUT2D eigenvalue weighted by Gasteiger charge is -2.19. The topological polar surface area (TPSA) is 60.3 Å². The molecule has 0 bridgehead atoms. The molecule has 1 rings (SSSR count). The number of rotatable bonds is 4. The van der Waals surface area contributed by atoms with Gasteiger partial charge >= 0.3 is 6.09 Å². The first-order valence-electron chi connectivity index (χ1n) is 6.52. The van der Waals surface area contributed by atoms with Gasteiger partial charge in [0.05, 0.1) is 4.47 Å². The molecule has 0 saturated carbocycles. The smallest absolute Gasteiger partial charge is 0.407 e. The number of hydrogen-bond acceptors (Lipinski definition) is 3. The van der Waals surface area contributed by atoms with Crippen molar-refractivity contribution < 1.29 is 9.53 Å². The molecule has 1 heterocycles. The van der Waals surface area contributed by atoms with Gasteiger partial charge in [-0.15, -0.1) is 0 Å². The monoisotopic (exact) mass is 344 g/mol. The molecule has 6 heteroatoms. The summed E-state index contributed by atoms with van der Waals surface area (Å²) in [7, 11) is 0. The minimum atomic E-state index is -0.498. The third-order valence-corrected chi connectivity index (χ3v) is 2.99. The number of carbonyl (C=O) groups is 1. The molecule has 0 fully saturated rings. The van der Waals surface area contributed by atoms with Gasteiger partial charge in [-0.1, -0.05) is 0 Å². The van der Waals surface area contributed by atoms with Crippen LogP contribution in [0.3, 0.4) is 0 Å². The van der Waals surface area contributed by atoms with E-state index in [1.807, 2.05) is 27.7 Å². The molecule has 0 spiro atoms. The van der Waals surface area contributed by atoms with Gasteiger partial charge < -0.3 is 14.6 Å². The minimum absolute atomic E-state index is 0.0622. The lowest BCUT2D eigenvalue weighted by molar-refractivity contribution is 0.0526. The zero-order valence-electron chi connectivity index (χ0n) is 12.3. The molecule has 1 aromatic rings. The Labute approximate surface area is 127 Å². The van der Waals surface area contributed by atoms with Gasteiger partial charge in [0.1, 0.15) is 5.60 Å². The maximum absolute atomic E-state index is 11.8. The van der Waals surface area contributed by atoms with Crippen molar-refractivity contribution in [3.8, 4) is 0 Å². The minimum Gasteiger partial charge on any atom is -0.444 e. The zero-order chi connectivity index (χ0) is 15.3. The van der Waals surface area contributed by atoms with Crippen LogP contribution in [0.15, 0.2) is 21.5 Å². The van der Waals surface area contributed by atoms with Gasteiger partial charge in [0.25, 0.3) is 5.56 Å². The fourth-order valence-electron chi connectivity index (χ4n) is 1.66. The maximum atomic E-state index is 11.8. The number of carbonyl (C=O) groups excluding carboxylic acids is 1. The maximum Gasteiger partial charge on any atom is 0.407 e. The highest BCUT2D eigenvalue weighted by atomic mass is 79.9. The van der Waals surface area contributed by atoms with Crippen LogP contribution in [-0.4, -0.2) is 22.8 Å². The van der Waals surface area contributed by atoms with E-state index >= 15 is 0 Å². The van der Waals surface area contributed by atoms with Crippen molar-refractivity contribution in [3.63, 3.8) is 0 Å². The van der Waals surface area contributed by atoms with E-state index in [4.69, 9.17) is 4.74 Å². The summed E-state index contributed by atoms with van der Waals surface area (Å²) < 4.78 is 7.31. The Bertz CT molecular complexity index is 532. The molecule has 0 unspecified atom stereocenters. The molecule has 0 atom stereocenters. The molecule has 0 saturated heterocycles. The van der Waals surface area contributed by atoms with Crippen molar-refractivity contribution in [1.29, 1.82) is 0 Å².